The van der Waals surface area contributed by atoms with E-state index in [2.05, 4.69) is 185 Å². The molecule has 7 aromatic carbocycles. The molecule has 50 heavy (non-hydrogen) atoms. The zero-order valence-electron chi connectivity index (χ0n) is 29.2. The van der Waals surface area contributed by atoms with Crippen molar-refractivity contribution in [1.29, 1.82) is 0 Å². The quantitative estimate of drug-likeness (QED) is 0.162. The number of fused-ring (bicyclic) bond motifs is 5. The molecule has 0 saturated carbocycles. The molecule has 2 aliphatic rings. The molecule has 0 radical (unpaired) electrons. The zero-order chi connectivity index (χ0) is 33.8. The lowest BCUT2D eigenvalue weighted by molar-refractivity contribution is 0.405. The van der Waals surface area contributed by atoms with Crippen molar-refractivity contribution in [3.05, 3.63) is 208 Å². The third kappa shape index (κ3) is 4.51. The van der Waals surface area contributed by atoms with Gasteiger partial charge in [-0.15, -0.1) is 0 Å². The molecule has 0 heteroatoms. The van der Waals surface area contributed by atoms with Crippen LogP contribution in [0, 0.1) is 0 Å². The molecule has 0 nitrogen and oxygen atoms in total. The van der Waals surface area contributed by atoms with Crippen molar-refractivity contribution in [2.45, 2.75) is 50.9 Å². The van der Waals surface area contributed by atoms with Crippen LogP contribution < -0.4 is 0 Å². The Morgan fingerprint density at radius 3 is 1.62 bits per heavy atom. The fourth-order valence-electron chi connectivity index (χ4n) is 9.57. The minimum Gasteiger partial charge on any atom is -0.0639 e. The topological polar surface area (TPSA) is 0 Å². The Bertz CT molecular complexity index is 2310. The second kappa shape index (κ2) is 12.1. The second-order valence-electron chi connectivity index (χ2n) is 14.2. The molecule has 0 saturated heterocycles. The Kier molecular flexibility index (Phi) is 7.43. The Balaban J connectivity index is 1.40. The molecule has 0 amide bonds. The molecule has 0 aliphatic heterocycles. The molecule has 9 rings (SSSR count). The summed E-state index contributed by atoms with van der Waals surface area (Å²) in [5, 5.41) is 2.58. The van der Waals surface area contributed by atoms with E-state index in [1.165, 1.54) is 83.1 Å². The molecule has 1 unspecified atom stereocenters. The van der Waals surface area contributed by atoms with Gasteiger partial charge in [0.1, 0.15) is 0 Å². The first kappa shape index (κ1) is 30.6. The van der Waals surface area contributed by atoms with Crippen LogP contribution in [-0.2, 0) is 18.3 Å². The second-order valence-corrected chi connectivity index (χ2v) is 14.2. The van der Waals surface area contributed by atoms with Crippen LogP contribution in [-0.4, -0.2) is 0 Å². The molecular weight excluding hydrogens is 601 g/mol. The van der Waals surface area contributed by atoms with Gasteiger partial charge in [0.25, 0.3) is 0 Å². The monoisotopic (exact) mass is 642 g/mol. The summed E-state index contributed by atoms with van der Waals surface area (Å²) < 4.78 is 0. The van der Waals surface area contributed by atoms with E-state index in [9.17, 15) is 0 Å². The van der Waals surface area contributed by atoms with Gasteiger partial charge in [0, 0.05) is 17.3 Å². The lowest BCUT2D eigenvalue weighted by atomic mass is 9.54. The molecule has 7 aromatic rings. The molecule has 242 valence electrons. The van der Waals surface area contributed by atoms with E-state index in [4.69, 9.17) is 0 Å². The van der Waals surface area contributed by atoms with Crippen LogP contribution in [0.2, 0.25) is 0 Å². The summed E-state index contributed by atoms with van der Waals surface area (Å²) in [6, 6.07) is 60.1. The van der Waals surface area contributed by atoms with Gasteiger partial charge in [-0.1, -0.05) is 183 Å². The van der Waals surface area contributed by atoms with Crippen molar-refractivity contribution in [1.82, 2.24) is 0 Å². The van der Waals surface area contributed by atoms with E-state index in [-0.39, 0.29) is 11.8 Å². The van der Waals surface area contributed by atoms with Crippen LogP contribution in [0.15, 0.2) is 163 Å². The van der Waals surface area contributed by atoms with Gasteiger partial charge in [-0.05, 0) is 97.3 Å². The lowest BCUT2D eigenvalue weighted by Gasteiger charge is -2.47. The summed E-state index contributed by atoms with van der Waals surface area (Å²) >= 11 is 0. The van der Waals surface area contributed by atoms with E-state index in [0.717, 1.165) is 12.8 Å². The van der Waals surface area contributed by atoms with Gasteiger partial charge in [0.15, 0.2) is 0 Å². The third-order valence-electron chi connectivity index (χ3n) is 11.7. The number of rotatable bonds is 7. The molecule has 0 bridgehead atoms. The molecule has 0 N–H and O–H groups in total. The highest BCUT2D eigenvalue weighted by molar-refractivity contribution is 5.99. The first-order chi connectivity index (χ1) is 24.6. The average Bonchev–Trinajstić information content (AvgIpc) is 3.69. The van der Waals surface area contributed by atoms with Crippen molar-refractivity contribution in [2.24, 2.45) is 0 Å². The highest BCUT2D eigenvalue weighted by atomic mass is 14.6. The minimum atomic E-state index is -0.426. The predicted molar refractivity (Wildman–Crippen MR) is 212 cm³/mol. The Labute approximate surface area is 296 Å². The highest BCUT2D eigenvalue weighted by Crippen LogP contribution is 2.65. The van der Waals surface area contributed by atoms with Crippen molar-refractivity contribution in [3.8, 4) is 22.3 Å². The third-order valence-corrected chi connectivity index (χ3v) is 11.7. The van der Waals surface area contributed by atoms with Gasteiger partial charge in [0.2, 0.25) is 0 Å². The van der Waals surface area contributed by atoms with Gasteiger partial charge in [-0.3, -0.25) is 0 Å². The first-order valence-corrected chi connectivity index (χ1v) is 18.3. The van der Waals surface area contributed by atoms with E-state index in [1.807, 2.05) is 0 Å². The Morgan fingerprint density at radius 1 is 0.460 bits per heavy atom. The molecular formula is C50H42. The highest BCUT2D eigenvalue weighted by Gasteiger charge is 2.55. The van der Waals surface area contributed by atoms with Crippen molar-refractivity contribution in [2.75, 3.05) is 0 Å². The summed E-state index contributed by atoms with van der Waals surface area (Å²) in [6.45, 7) is 6.95. The van der Waals surface area contributed by atoms with E-state index in [1.54, 1.807) is 0 Å². The van der Waals surface area contributed by atoms with Gasteiger partial charge in [-0.25, -0.2) is 0 Å². The van der Waals surface area contributed by atoms with E-state index in [0.29, 0.717) is 0 Å². The minimum absolute atomic E-state index is 0.107. The van der Waals surface area contributed by atoms with Gasteiger partial charge in [0.05, 0.1) is 0 Å². The fourth-order valence-corrected chi connectivity index (χ4v) is 9.57. The molecule has 1 atom stereocenters. The predicted octanol–water partition coefficient (Wildman–Crippen LogP) is 12.9. The van der Waals surface area contributed by atoms with Crippen molar-refractivity contribution in [3.63, 3.8) is 0 Å². The van der Waals surface area contributed by atoms with Crippen LogP contribution in [0.1, 0.15) is 77.1 Å². The van der Waals surface area contributed by atoms with Crippen LogP contribution in [0.25, 0.3) is 39.1 Å². The average molecular weight is 643 g/mol. The maximum atomic E-state index is 2.54. The Morgan fingerprint density at radius 2 is 1.00 bits per heavy atom. The maximum absolute atomic E-state index is 2.54. The zero-order valence-corrected chi connectivity index (χ0v) is 29.2. The van der Waals surface area contributed by atoms with Crippen LogP contribution in [0.5, 0.6) is 0 Å². The number of aryl methyl sites for hydroxylation is 2. The summed E-state index contributed by atoms with van der Waals surface area (Å²) in [5.74, 6) is 0.215. The number of hydrogen-bond donors (Lipinski definition) is 0. The summed E-state index contributed by atoms with van der Waals surface area (Å²) in [5.41, 5.74) is 17.5. The van der Waals surface area contributed by atoms with Crippen molar-refractivity contribution < 1.29 is 0 Å². The molecule has 0 heterocycles. The summed E-state index contributed by atoms with van der Waals surface area (Å²) in [6.07, 6.45) is 4.54. The molecule has 0 aromatic heterocycles. The fraction of sp³-hybridized carbons (Fsp3) is 0.160. The normalized spacial score (nSPS) is 15.1. The first-order valence-electron chi connectivity index (χ1n) is 18.3. The van der Waals surface area contributed by atoms with Gasteiger partial charge in [-0.2, -0.15) is 0 Å². The van der Waals surface area contributed by atoms with Crippen LogP contribution in [0.3, 0.4) is 0 Å². The van der Waals surface area contributed by atoms with Gasteiger partial charge >= 0.3 is 0 Å². The number of hydrogen-bond acceptors (Lipinski definition) is 0. The standard InChI is InChI=1S/C50H42/c1-4-34-26-28-42-43-29-27-35(5-2)32-47(43)49(46(42)31-34)50(37-18-8-6-9-19-37,38-20-10-7-11-21-38)48-33(3)30-45-41(24-15-25-44(45)48)40-23-14-17-36-16-12-13-22-39(36)40/h6-32,48-49H,4-5H2,1-3H3. The summed E-state index contributed by atoms with van der Waals surface area (Å²) in [7, 11) is 0. The lowest BCUT2D eigenvalue weighted by Crippen LogP contribution is -2.41. The van der Waals surface area contributed by atoms with Crippen LogP contribution in [0.4, 0.5) is 0 Å². The molecule has 2 aliphatic carbocycles. The summed E-state index contributed by atoms with van der Waals surface area (Å²) in [4.78, 5) is 0. The maximum Gasteiger partial charge on any atom is 0.0418 e. The number of allylic oxidation sites excluding steroid dienone is 1. The smallest absolute Gasteiger partial charge is 0.0418 e. The molecule has 0 spiro atoms. The van der Waals surface area contributed by atoms with Crippen LogP contribution >= 0.6 is 0 Å². The van der Waals surface area contributed by atoms with E-state index < -0.39 is 5.41 Å². The largest absolute Gasteiger partial charge is 0.0639 e. The number of benzene rings is 7. The molecule has 0 fully saturated rings. The Hall–Kier alpha value is -5.46. The van der Waals surface area contributed by atoms with Gasteiger partial charge < -0.3 is 0 Å². The SMILES string of the molecule is CCc1ccc2c(c1)C(C(c1ccccc1)(c1ccccc1)C1C(C)=Cc3c(-c4cccc5ccccc45)cccc31)c1cc(CC)ccc1-2. The van der Waals surface area contributed by atoms with E-state index >= 15 is 0 Å². The van der Waals surface area contributed by atoms with Crippen molar-refractivity contribution >= 4 is 16.8 Å².